The van der Waals surface area contributed by atoms with Crippen molar-refractivity contribution in [2.45, 2.75) is 31.8 Å². The number of nitrogens with two attached hydrogens (primary N) is 1. The van der Waals surface area contributed by atoms with Crippen LogP contribution in [0.3, 0.4) is 0 Å². The van der Waals surface area contributed by atoms with Gasteiger partial charge in [0.25, 0.3) is 0 Å². The van der Waals surface area contributed by atoms with Crippen LogP contribution in [-0.4, -0.2) is 28.5 Å². The van der Waals surface area contributed by atoms with E-state index in [1.54, 1.807) is 23.1 Å². The molecular weight excluding hydrogens is 216 g/mol. The molecule has 3 N–H and O–H groups in total. The third-order valence-corrected chi connectivity index (χ3v) is 3.11. The fourth-order valence-electron chi connectivity index (χ4n) is 2.17. The molecule has 17 heavy (non-hydrogen) atoms. The van der Waals surface area contributed by atoms with Crippen LogP contribution in [0.15, 0.2) is 24.3 Å². The van der Waals surface area contributed by atoms with Crippen molar-refractivity contribution in [3.8, 4) is 5.75 Å². The SMILES string of the molecule is N[C@@H]1CCCCN(Cc2cccc(O)c2)C1=O. The third-order valence-electron chi connectivity index (χ3n) is 3.11. The lowest BCUT2D eigenvalue weighted by atomic mass is 10.1. The molecule has 0 aromatic heterocycles. The van der Waals surface area contributed by atoms with E-state index in [0.29, 0.717) is 6.54 Å². The van der Waals surface area contributed by atoms with Crippen molar-refractivity contribution in [3.05, 3.63) is 29.8 Å². The zero-order valence-corrected chi connectivity index (χ0v) is 9.80. The Balaban J connectivity index is 2.08. The van der Waals surface area contributed by atoms with E-state index in [4.69, 9.17) is 5.73 Å². The molecule has 1 aromatic carbocycles. The summed E-state index contributed by atoms with van der Waals surface area (Å²) >= 11 is 0. The van der Waals surface area contributed by atoms with E-state index in [1.807, 2.05) is 6.07 Å². The number of hydrogen-bond acceptors (Lipinski definition) is 3. The molecule has 1 aromatic rings. The minimum atomic E-state index is -0.366. The van der Waals surface area contributed by atoms with E-state index >= 15 is 0 Å². The lowest BCUT2D eigenvalue weighted by Crippen LogP contribution is -2.41. The van der Waals surface area contributed by atoms with Gasteiger partial charge in [0, 0.05) is 13.1 Å². The number of aromatic hydroxyl groups is 1. The summed E-state index contributed by atoms with van der Waals surface area (Å²) in [4.78, 5) is 13.8. The first-order chi connectivity index (χ1) is 8.16. The molecular formula is C13H18N2O2. The van der Waals surface area contributed by atoms with Gasteiger partial charge >= 0.3 is 0 Å². The first-order valence-electron chi connectivity index (χ1n) is 5.99. The Morgan fingerprint density at radius 2 is 2.24 bits per heavy atom. The Morgan fingerprint density at radius 1 is 1.41 bits per heavy atom. The number of amides is 1. The highest BCUT2D eigenvalue weighted by Crippen LogP contribution is 2.16. The molecule has 2 rings (SSSR count). The number of phenols is 1. The molecule has 0 aliphatic carbocycles. The van der Waals surface area contributed by atoms with E-state index in [0.717, 1.165) is 31.4 Å². The Kier molecular flexibility index (Phi) is 3.64. The molecule has 1 atom stereocenters. The number of carbonyl (C=O) groups is 1. The molecule has 0 radical (unpaired) electrons. The number of nitrogens with zero attached hydrogens (tertiary/aromatic N) is 1. The standard InChI is InChI=1S/C13H18N2O2/c14-12-6-1-2-7-15(13(12)17)9-10-4-3-5-11(16)8-10/h3-5,8,12,16H,1-2,6-7,9,14H2/t12-/m1/s1. The summed E-state index contributed by atoms with van der Waals surface area (Å²) in [7, 11) is 0. The lowest BCUT2D eigenvalue weighted by molar-refractivity contribution is -0.132. The van der Waals surface area contributed by atoms with Gasteiger partial charge in [-0.05, 0) is 37.0 Å². The largest absolute Gasteiger partial charge is 0.508 e. The third kappa shape index (κ3) is 2.97. The zero-order valence-electron chi connectivity index (χ0n) is 9.80. The molecule has 1 heterocycles. The highest BCUT2D eigenvalue weighted by molar-refractivity contribution is 5.81. The smallest absolute Gasteiger partial charge is 0.239 e. The summed E-state index contributed by atoms with van der Waals surface area (Å²) < 4.78 is 0. The first-order valence-corrected chi connectivity index (χ1v) is 5.99. The van der Waals surface area contributed by atoms with Gasteiger partial charge in [-0.1, -0.05) is 12.1 Å². The normalized spacial score (nSPS) is 21.4. The Labute approximate surface area is 101 Å². The van der Waals surface area contributed by atoms with Crippen LogP contribution in [0.5, 0.6) is 5.75 Å². The molecule has 4 nitrogen and oxygen atoms in total. The second-order valence-corrected chi connectivity index (χ2v) is 4.53. The molecule has 0 unspecified atom stereocenters. The molecule has 0 bridgehead atoms. The van der Waals surface area contributed by atoms with Crippen molar-refractivity contribution in [3.63, 3.8) is 0 Å². The van der Waals surface area contributed by atoms with Crippen LogP contribution in [0.2, 0.25) is 0 Å². The van der Waals surface area contributed by atoms with Crippen molar-refractivity contribution in [1.29, 1.82) is 0 Å². The minimum absolute atomic E-state index is 0.0193. The van der Waals surface area contributed by atoms with Gasteiger partial charge in [-0.2, -0.15) is 0 Å². The van der Waals surface area contributed by atoms with Gasteiger partial charge in [0.05, 0.1) is 6.04 Å². The van der Waals surface area contributed by atoms with Crippen molar-refractivity contribution < 1.29 is 9.90 Å². The maximum Gasteiger partial charge on any atom is 0.239 e. The summed E-state index contributed by atoms with van der Waals surface area (Å²) in [5, 5.41) is 9.39. The van der Waals surface area contributed by atoms with Gasteiger partial charge in [0.1, 0.15) is 5.75 Å². The van der Waals surface area contributed by atoms with Crippen molar-refractivity contribution in [2.75, 3.05) is 6.54 Å². The van der Waals surface area contributed by atoms with E-state index in [-0.39, 0.29) is 17.7 Å². The summed E-state index contributed by atoms with van der Waals surface area (Å²) in [6.07, 6.45) is 2.77. The average Bonchev–Trinajstić information content (AvgIpc) is 2.45. The van der Waals surface area contributed by atoms with E-state index in [1.165, 1.54) is 0 Å². The van der Waals surface area contributed by atoms with E-state index in [9.17, 15) is 9.90 Å². The summed E-state index contributed by atoms with van der Waals surface area (Å²) in [6.45, 7) is 1.28. The van der Waals surface area contributed by atoms with E-state index < -0.39 is 0 Å². The number of likely N-dealkylation sites (tertiary alicyclic amines) is 1. The Morgan fingerprint density at radius 3 is 3.00 bits per heavy atom. The molecule has 0 spiro atoms. The lowest BCUT2D eigenvalue weighted by Gasteiger charge is -2.22. The number of phenolic OH excluding ortho intramolecular Hbond substituents is 1. The minimum Gasteiger partial charge on any atom is -0.508 e. The van der Waals surface area contributed by atoms with Crippen LogP contribution >= 0.6 is 0 Å². The van der Waals surface area contributed by atoms with Crippen LogP contribution in [0.4, 0.5) is 0 Å². The van der Waals surface area contributed by atoms with Gasteiger partial charge in [-0.15, -0.1) is 0 Å². The zero-order chi connectivity index (χ0) is 12.3. The molecule has 1 aliphatic rings. The number of benzene rings is 1. The van der Waals surface area contributed by atoms with Crippen LogP contribution < -0.4 is 5.73 Å². The molecule has 1 amide bonds. The quantitative estimate of drug-likeness (QED) is 0.809. The Hall–Kier alpha value is -1.55. The highest BCUT2D eigenvalue weighted by Gasteiger charge is 2.23. The molecule has 4 heteroatoms. The van der Waals surface area contributed by atoms with Gasteiger partial charge in [0.2, 0.25) is 5.91 Å². The Bertz CT molecular complexity index is 406. The molecule has 1 fully saturated rings. The molecule has 1 aliphatic heterocycles. The average molecular weight is 234 g/mol. The maximum absolute atomic E-state index is 12.0. The second-order valence-electron chi connectivity index (χ2n) is 4.53. The summed E-state index contributed by atoms with van der Waals surface area (Å²) in [6, 6.07) is 6.63. The topological polar surface area (TPSA) is 66.6 Å². The highest BCUT2D eigenvalue weighted by atomic mass is 16.3. The molecule has 92 valence electrons. The predicted molar refractivity (Wildman–Crippen MR) is 65.4 cm³/mol. The van der Waals surface area contributed by atoms with Crippen LogP contribution in [0.1, 0.15) is 24.8 Å². The van der Waals surface area contributed by atoms with Crippen LogP contribution in [0.25, 0.3) is 0 Å². The van der Waals surface area contributed by atoms with Crippen molar-refractivity contribution >= 4 is 5.91 Å². The van der Waals surface area contributed by atoms with Gasteiger partial charge in [0.15, 0.2) is 0 Å². The van der Waals surface area contributed by atoms with Gasteiger partial charge < -0.3 is 15.7 Å². The predicted octanol–water partition coefficient (Wildman–Crippen LogP) is 1.23. The number of hydrogen-bond donors (Lipinski definition) is 2. The fourth-order valence-corrected chi connectivity index (χ4v) is 2.17. The van der Waals surface area contributed by atoms with Crippen molar-refractivity contribution in [2.24, 2.45) is 5.73 Å². The second kappa shape index (κ2) is 5.19. The summed E-state index contributed by atoms with van der Waals surface area (Å²) in [5.74, 6) is 0.250. The van der Waals surface area contributed by atoms with E-state index in [2.05, 4.69) is 0 Å². The molecule has 1 saturated heterocycles. The molecule has 0 saturated carbocycles. The summed E-state index contributed by atoms with van der Waals surface area (Å²) in [5.41, 5.74) is 6.75. The van der Waals surface area contributed by atoms with Gasteiger partial charge in [-0.25, -0.2) is 0 Å². The van der Waals surface area contributed by atoms with Crippen molar-refractivity contribution in [1.82, 2.24) is 4.90 Å². The van der Waals surface area contributed by atoms with Crippen LogP contribution in [-0.2, 0) is 11.3 Å². The van der Waals surface area contributed by atoms with Crippen LogP contribution in [0, 0.1) is 0 Å². The maximum atomic E-state index is 12.0. The first kappa shape index (κ1) is 11.9. The number of carbonyl (C=O) groups excluding carboxylic acids is 1. The number of rotatable bonds is 2. The monoisotopic (exact) mass is 234 g/mol. The van der Waals surface area contributed by atoms with Gasteiger partial charge in [-0.3, -0.25) is 4.79 Å². The fraction of sp³-hybridized carbons (Fsp3) is 0.462.